The highest BCUT2D eigenvalue weighted by Gasteiger charge is 2.31. The predicted octanol–water partition coefficient (Wildman–Crippen LogP) is 7.15. The molecular weight excluding hydrogens is 709 g/mol. The SMILES string of the molecule is COC(=O)N(c1cncs1)[C@@H](Cc1ccccc1)CN(Cc1ccc(OCCCN(C)C)cc1)C[C@@H](Cc1ccccc1)NC(=O)OCc1cncs1. The summed E-state index contributed by atoms with van der Waals surface area (Å²) in [5.41, 5.74) is 6.66. The van der Waals surface area contributed by atoms with Crippen molar-refractivity contribution in [3.05, 3.63) is 130 Å². The van der Waals surface area contributed by atoms with Gasteiger partial charge >= 0.3 is 12.2 Å². The van der Waals surface area contributed by atoms with E-state index in [4.69, 9.17) is 14.2 Å². The first-order valence-electron chi connectivity index (χ1n) is 17.6. The van der Waals surface area contributed by atoms with E-state index in [1.165, 1.54) is 29.8 Å². The van der Waals surface area contributed by atoms with Crippen LogP contribution in [0.15, 0.2) is 108 Å². The smallest absolute Gasteiger partial charge is 0.415 e. The number of carbonyl (C=O) groups excluding carboxylic acids is 2. The average molecular weight is 757 g/mol. The topological polar surface area (TPSA) is 109 Å². The number of rotatable bonds is 20. The van der Waals surface area contributed by atoms with E-state index >= 15 is 0 Å². The van der Waals surface area contributed by atoms with Gasteiger partial charge in [-0.1, -0.05) is 72.8 Å². The molecular formula is C40H48N6O5S2. The Bertz CT molecular complexity index is 1760. The number of hydrogen-bond acceptors (Lipinski definition) is 11. The highest BCUT2D eigenvalue weighted by molar-refractivity contribution is 7.14. The average Bonchev–Trinajstić information content (AvgIpc) is 3.89. The molecule has 2 atom stereocenters. The van der Waals surface area contributed by atoms with Gasteiger partial charge in [0.15, 0.2) is 0 Å². The molecule has 280 valence electrons. The molecule has 5 aromatic rings. The Balaban J connectivity index is 1.43. The lowest BCUT2D eigenvalue weighted by atomic mass is 10.0. The van der Waals surface area contributed by atoms with Crippen LogP contribution in [-0.2, 0) is 35.5 Å². The Morgan fingerprint density at radius 2 is 1.49 bits per heavy atom. The molecule has 53 heavy (non-hydrogen) atoms. The summed E-state index contributed by atoms with van der Waals surface area (Å²) < 4.78 is 17.0. The van der Waals surface area contributed by atoms with Crippen molar-refractivity contribution < 1.29 is 23.8 Å². The van der Waals surface area contributed by atoms with Gasteiger partial charge in [-0.2, -0.15) is 0 Å². The summed E-state index contributed by atoms with van der Waals surface area (Å²) in [7, 11) is 5.51. The number of alkyl carbamates (subject to hydrolysis) is 1. The lowest BCUT2D eigenvalue weighted by molar-refractivity contribution is 0.130. The largest absolute Gasteiger partial charge is 0.494 e. The fraction of sp³-hybridized carbons (Fsp3) is 0.350. The number of nitrogens with zero attached hydrogens (tertiary/aromatic N) is 5. The van der Waals surface area contributed by atoms with E-state index in [9.17, 15) is 9.59 Å². The van der Waals surface area contributed by atoms with Crippen LogP contribution in [0.25, 0.3) is 0 Å². The molecule has 0 fully saturated rings. The Morgan fingerprint density at radius 3 is 2.11 bits per heavy atom. The van der Waals surface area contributed by atoms with Crippen molar-refractivity contribution in [1.82, 2.24) is 25.1 Å². The van der Waals surface area contributed by atoms with E-state index in [0.717, 1.165) is 40.3 Å². The summed E-state index contributed by atoms with van der Waals surface area (Å²) in [6.45, 7) is 3.22. The van der Waals surface area contributed by atoms with Crippen LogP contribution < -0.4 is 15.0 Å². The molecule has 11 nitrogen and oxygen atoms in total. The number of amides is 2. The number of benzene rings is 3. The van der Waals surface area contributed by atoms with E-state index in [-0.39, 0.29) is 18.7 Å². The summed E-state index contributed by atoms with van der Waals surface area (Å²) >= 11 is 2.82. The fourth-order valence-electron chi connectivity index (χ4n) is 6.02. The van der Waals surface area contributed by atoms with Crippen LogP contribution in [0.3, 0.4) is 0 Å². The molecule has 2 aromatic heterocycles. The number of ether oxygens (including phenoxy) is 3. The highest BCUT2D eigenvalue weighted by Crippen LogP contribution is 2.26. The van der Waals surface area contributed by atoms with Crippen LogP contribution in [0.5, 0.6) is 5.75 Å². The van der Waals surface area contributed by atoms with E-state index < -0.39 is 12.2 Å². The minimum atomic E-state index is -0.503. The number of anilines is 1. The number of aromatic nitrogens is 2. The summed E-state index contributed by atoms with van der Waals surface area (Å²) in [5.74, 6) is 0.815. The monoisotopic (exact) mass is 756 g/mol. The number of nitrogens with one attached hydrogen (secondary N) is 1. The highest BCUT2D eigenvalue weighted by atomic mass is 32.1. The van der Waals surface area contributed by atoms with Crippen LogP contribution in [0.2, 0.25) is 0 Å². The molecule has 2 amide bonds. The third kappa shape index (κ3) is 13.3. The molecule has 0 saturated carbocycles. The van der Waals surface area contributed by atoms with Gasteiger partial charge in [0.25, 0.3) is 0 Å². The lowest BCUT2D eigenvalue weighted by Crippen LogP contribution is -2.51. The minimum Gasteiger partial charge on any atom is -0.494 e. The van der Waals surface area contributed by atoms with Crippen molar-refractivity contribution in [1.29, 1.82) is 0 Å². The van der Waals surface area contributed by atoms with Gasteiger partial charge in [0.1, 0.15) is 17.4 Å². The lowest BCUT2D eigenvalue weighted by Gasteiger charge is -2.35. The molecule has 5 rings (SSSR count). The Hall–Kier alpha value is -4.82. The van der Waals surface area contributed by atoms with Crippen molar-refractivity contribution in [2.75, 3.05) is 52.3 Å². The quantitative estimate of drug-likeness (QED) is 0.0829. The van der Waals surface area contributed by atoms with Gasteiger partial charge in [0.05, 0.1) is 41.9 Å². The normalized spacial score (nSPS) is 12.3. The summed E-state index contributed by atoms with van der Waals surface area (Å²) in [6, 6.07) is 27.7. The Kier molecular flexibility index (Phi) is 15.6. The zero-order valence-corrected chi connectivity index (χ0v) is 32.1. The van der Waals surface area contributed by atoms with Gasteiger partial charge in [-0.15, -0.1) is 22.7 Å². The van der Waals surface area contributed by atoms with Crippen LogP contribution >= 0.6 is 22.7 Å². The van der Waals surface area contributed by atoms with E-state index in [0.29, 0.717) is 44.1 Å². The number of hydrogen-bond donors (Lipinski definition) is 1. The summed E-state index contributed by atoms with van der Waals surface area (Å²) in [5, 5.41) is 3.84. The van der Waals surface area contributed by atoms with Crippen LogP contribution in [0, 0.1) is 0 Å². The molecule has 0 radical (unpaired) electrons. The Morgan fingerprint density at radius 1 is 0.811 bits per heavy atom. The molecule has 0 bridgehead atoms. The second-order valence-electron chi connectivity index (χ2n) is 12.9. The molecule has 0 unspecified atom stereocenters. The number of thiazole rings is 2. The second-order valence-corrected chi connectivity index (χ2v) is 14.8. The van der Waals surface area contributed by atoms with Gasteiger partial charge in [-0.05, 0) is 62.2 Å². The van der Waals surface area contributed by atoms with Crippen LogP contribution in [0.1, 0.15) is 28.0 Å². The predicted molar refractivity (Wildman–Crippen MR) is 211 cm³/mol. The zero-order valence-electron chi connectivity index (χ0n) is 30.5. The number of methoxy groups -OCH3 is 1. The first-order valence-corrected chi connectivity index (χ1v) is 19.3. The molecule has 0 aliphatic heterocycles. The van der Waals surface area contributed by atoms with Gasteiger partial charge < -0.3 is 24.4 Å². The molecule has 0 saturated heterocycles. The molecule has 0 spiro atoms. The maximum absolute atomic E-state index is 13.5. The molecule has 3 aromatic carbocycles. The van der Waals surface area contributed by atoms with E-state index in [1.807, 2.05) is 48.5 Å². The van der Waals surface area contributed by atoms with Gasteiger partial charge in [0, 0.05) is 38.4 Å². The van der Waals surface area contributed by atoms with Gasteiger partial charge in [-0.25, -0.2) is 9.59 Å². The zero-order chi connectivity index (χ0) is 37.3. The molecule has 0 aliphatic carbocycles. The Labute approximate surface area is 320 Å². The molecule has 0 aliphatic rings. The van der Waals surface area contributed by atoms with Crippen molar-refractivity contribution in [3.8, 4) is 5.75 Å². The minimum absolute atomic E-state index is 0.143. The van der Waals surface area contributed by atoms with Gasteiger partial charge in [0.2, 0.25) is 0 Å². The molecule has 13 heteroatoms. The van der Waals surface area contributed by atoms with Crippen molar-refractivity contribution in [2.24, 2.45) is 0 Å². The standard InChI is InChI=1S/C40H48N6O5S2/c1-44(2)19-10-20-50-36-17-15-33(16-18-36)25-45(26-34(21-31-11-6-4-7-12-31)43-39(47)51-28-37-23-41-29-52-37)27-35(22-32-13-8-5-9-14-32)46(40(48)49-3)38-24-42-30-53-38/h4-9,11-18,23-24,29-30,34-35H,10,19-22,25-28H2,1-3H3,(H,43,47)/t34-,35+/m1/s1. The van der Waals surface area contributed by atoms with Crippen LogP contribution in [0.4, 0.5) is 14.6 Å². The van der Waals surface area contributed by atoms with Crippen molar-refractivity contribution in [3.63, 3.8) is 0 Å². The fourth-order valence-corrected chi connectivity index (χ4v) is 7.22. The maximum Gasteiger partial charge on any atom is 0.415 e. The third-order valence-corrected chi connectivity index (χ3v) is 10.0. The first kappa shape index (κ1) is 39.4. The van der Waals surface area contributed by atoms with E-state index in [2.05, 4.69) is 75.6 Å². The van der Waals surface area contributed by atoms with Crippen molar-refractivity contribution in [2.45, 2.75) is 44.5 Å². The second kappa shape index (κ2) is 21.0. The molecule has 2 heterocycles. The summed E-state index contributed by atoms with van der Waals surface area (Å²) in [4.78, 5) is 42.1. The van der Waals surface area contributed by atoms with Gasteiger partial charge in [-0.3, -0.25) is 19.8 Å². The maximum atomic E-state index is 13.5. The summed E-state index contributed by atoms with van der Waals surface area (Å²) in [6.07, 6.45) is 4.51. The third-order valence-electron chi connectivity index (χ3n) is 8.48. The first-order chi connectivity index (χ1) is 25.9. The van der Waals surface area contributed by atoms with Crippen LogP contribution in [-0.4, -0.2) is 91.5 Å². The van der Waals surface area contributed by atoms with E-state index in [1.54, 1.807) is 28.3 Å². The molecule has 1 N–H and O–H groups in total. The number of carbonyl (C=O) groups is 2. The van der Waals surface area contributed by atoms with Crippen molar-refractivity contribution >= 4 is 39.9 Å².